The lowest BCUT2D eigenvalue weighted by atomic mass is 10.0. The number of hydrogen-bond acceptors (Lipinski definition) is 3. The fourth-order valence-electron chi connectivity index (χ4n) is 4.27. The third-order valence-corrected chi connectivity index (χ3v) is 5.83. The molecule has 0 aliphatic carbocycles. The molecule has 4 aromatic rings. The number of benzene rings is 2. The molecular formula is C26H25N3O2. The second-order valence-corrected chi connectivity index (χ2v) is 8.08. The van der Waals surface area contributed by atoms with Gasteiger partial charge in [-0.15, -0.1) is 0 Å². The Balaban J connectivity index is 1.25. The van der Waals surface area contributed by atoms with Crippen molar-refractivity contribution in [3.8, 4) is 5.75 Å². The van der Waals surface area contributed by atoms with Crippen LogP contribution in [0.25, 0.3) is 5.65 Å². The topological polar surface area (TPSA) is 46.8 Å². The maximum Gasteiger partial charge on any atom is 0.254 e. The summed E-state index contributed by atoms with van der Waals surface area (Å²) in [5.74, 6) is 0.805. The molecule has 2 aromatic carbocycles. The summed E-state index contributed by atoms with van der Waals surface area (Å²) in [6.07, 6.45) is 6.07. The maximum atomic E-state index is 13.1. The molecule has 1 amide bonds. The van der Waals surface area contributed by atoms with Gasteiger partial charge >= 0.3 is 0 Å². The first-order valence-electron chi connectivity index (χ1n) is 10.7. The minimum atomic E-state index is 0.0774. The van der Waals surface area contributed by atoms with Crippen LogP contribution in [0.15, 0.2) is 79.1 Å². The van der Waals surface area contributed by atoms with E-state index in [9.17, 15) is 4.79 Å². The van der Waals surface area contributed by atoms with Crippen molar-refractivity contribution in [2.45, 2.75) is 32.4 Å². The van der Waals surface area contributed by atoms with E-state index in [1.165, 1.54) is 11.1 Å². The van der Waals surface area contributed by atoms with Crippen molar-refractivity contribution in [3.05, 3.63) is 102 Å². The molecule has 1 atom stereocenters. The minimum Gasteiger partial charge on any atom is -0.487 e. The van der Waals surface area contributed by atoms with Crippen molar-refractivity contribution < 1.29 is 9.53 Å². The van der Waals surface area contributed by atoms with Crippen LogP contribution in [0.2, 0.25) is 0 Å². The summed E-state index contributed by atoms with van der Waals surface area (Å²) < 4.78 is 7.91. The molecule has 5 rings (SSSR count). The lowest BCUT2D eigenvalue weighted by molar-refractivity contribution is 0.0735. The van der Waals surface area contributed by atoms with Crippen LogP contribution in [0.1, 0.15) is 46.1 Å². The van der Waals surface area contributed by atoms with Gasteiger partial charge in [0.05, 0.1) is 11.7 Å². The van der Waals surface area contributed by atoms with Crippen molar-refractivity contribution in [1.82, 2.24) is 14.3 Å². The third-order valence-electron chi connectivity index (χ3n) is 5.83. The van der Waals surface area contributed by atoms with Gasteiger partial charge in [0.1, 0.15) is 18.0 Å². The minimum absolute atomic E-state index is 0.0774. The quantitative estimate of drug-likeness (QED) is 0.454. The van der Waals surface area contributed by atoms with Crippen LogP contribution in [-0.2, 0) is 6.61 Å². The van der Waals surface area contributed by atoms with Crippen LogP contribution in [0.5, 0.6) is 5.75 Å². The normalized spacial score (nSPS) is 16.0. The van der Waals surface area contributed by atoms with Crippen molar-refractivity contribution in [1.29, 1.82) is 0 Å². The van der Waals surface area contributed by atoms with Gasteiger partial charge in [-0.2, -0.15) is 0 Å². The molecule has 1 aliphatic rings. The van der Waals surface area contributed by atoms with Gasteiger partial charge in [-0.3, -0.25) is 4.79 Å². The molecule has 0 radical (unpaired) electrons. The van der Waals surface area contributed by atoms with E-state index in [1.54, 1.807) is 0 Å². The Hall–Kier alpha value is -3.60. The number of ether oxygens (including phenoxy) is 1. The second-order valence-electron chi connectivity index (χ2n) is 8.08. The number of rotatable bonds is 5. The van der Waals surface area contributed by atoms with Gasteiger partial charge in [0.15, 0.2) is 0 Å². The van der Waals surface area contributed by atoms with Gasteiger partial charge in [-0.05, 0) is 61.2 Å². The number of carbonyl (C=O) groups excluding carboxylic acids is 1. The highest BCUT2D eigenvalue weighted by atomic mass is 16.5. The standard InChI is InChI=1S/C26H25N3O2/c1-19-9-14-25-27-22(17-28(25)16-19)18-31-23-12-10-21(11-13-23)26(30)29-15-5-8-24(29)20-6-3-2-4-7-20/h2-4,6-7,9-14,16-17,24H,5,8,15,18H2,1H3/t24-/m1/s1. The van der Waals surface area contributed by atoms with E-state index >= 15 is 0 Å². The molecule has 0 unspecified atom stereocenters. The average Bonchev–Trinajstić information content (AvgIpc) is 3.45. The Morgan fingerprint density at radius 2 is 1.84 bits per heavy atom. The number of aromatic nitrogens is 2. The lowest BCUT2D eigenvalue weighted by Crippen LogP contribution is -2.30. The van der Waals surface area contributed by atoms with Crippen LogP contribution in [0, 0.1) is 6.92 Å². The third kappa shape index (κ3) is 4.04. The molecule has 1 aliphatic heterocycles. The number of aryl methyl sites for hydroxylation is 1. The van der Waals surface area contributed by atoms with E-state index in [4.69, 9.17) is 4.74 Å². The largest absolute Gasteiger partial charge is 0.487 e. The molecule has 31 heavy (non-hydrogen) atoms. The summed E-state index contributed by atoms with van der Waals surface area (Å²) >= 11 is 0. The number of likely N-dealkylation sites (tertiary alicyclic amines) is 1. The van der Waals surface area contributed by atoms with Gasteiger partial charge in [0, 0.05) is 24.5 Å². The summed E-state index contributed by atoms with van der Waals surface area (Å²) in [4.78, 5) is 19.7. The fraction of sp³-hybridized carbons (Fsp3) is 0.231. The number of amides is 1. The van der Waals surface area contributed by atoms with E-state index in [0.717, 1.165) is 36.5 Å². The van der Waals surface area contributed by atoms with E-state index in [2.05, 4.69) is 24.0 Å². The van der Waals surface area contributed by atoms with Crippen LogP contribution in [0.4, 0.5) is 0 Å². The molecule has 0 bridgehead atoms. The summed E-state index contributed by atoms with van der Waals surface area (Å²) in [6.45, 7) is 3.24. The molecule has 0 saturated carbocycles. The van der Waals surface area contributed by atoms with Crippen molar-refractivity contribution in [3.63, 3.8) is 0 Å². The van der Waals surface area contributed by atoms with Gasteiger partial charge < -0.3 is 14.0 Å². The first-order chi connectivity index (χ1) is 15.2. The Morgan fingerprint density at radius 1 is 1.03 bits per heavy atom. The van der Waals surface area contributed by atoms with Crippen LogP contribution >= 0.6 is 0 Å². The zero-order valence-corrected chi connectivity index (χ0v) is 17.6. The number of pyridine rings is 1. The van der Waals surface area contributed by atoms with E-state index in [0.29, 0.717) is 12.2 Å². The fourth-order valence-corrected chi connectivity index (χ4v) is 4.27. The number of nitrogens with zero attached hydrogens (tertiary/aromatic N) is 3. The zero-order chi connectivity index (χ0) is 21.2. The van der Waals surface area contributed by atoms with Crippen molar-refractivity contribution in [2.75, 3.05) is 6.54 Å². The molecular weight excluding hydrogens is 386 g/mol. The molecule has 0 N–H and O–H groups in total. The first-order valence-corrected chi connectivity index (χ1v) is 10.7. The lowest BCUT2D eigenvalue weighted by Gasteiger charge is -2.25. The summed E-state index contributed by atoms with van der Waals surface area (Å²) in [5.41, 5.74) is 4.86. The van der Waals surface area contributed by atoms with Gasteiger partial charge in [-0.1, -0.05) is 36.4 Å². The highest BCUT2D eigenvalue weighted by Gasteiger charge is 2.30. The maximum absolute atomic E-state index is 13.1. The Kier molecular flexibility index (Phi) is 5.16. The average molecular weight is 412 g/mol. The second kappa shape index (κ2) is 8.26. The highest BCUT2D eigenvalue weighted by molar-refractivity contribution is 5.94. The Bertz CT molecular complexity index is 1200. The van der Waals surface area contributed by atoms with Gasteiger partial charge in [0.2, 0.25) is 0 Å². The van der Waals surface area contributed by atoms with Crippen molar-refractivity contribution >= 4 is 11.6 Å². The smallest absolute Gasteiger partial charge is 0.254 e. The Morgan fingerprint density at radius 3 is 2.65 bits per heavy atom. The molecule has 1 saturated heterocycles. The monoisotopic (exact) mass is 411 g/mol. The molecule has 0 spiro atoms. The predicted molar refractivity (Wildman–Crippen MR) is 120 cm³/mol. The first kappa shape index (κ1) is 19.4. The molecule has 1 fully saturated rings. The Labute approximate surface area is 181 Å². The number of fused-ring (bicyclic) bond motifs is 1. The van der Waals surface area contributed by atoms with Gasteiger partial charge in [0.25, 0.3) is 5.91 Å². The SMILES string of the molecule is Cc1ccc2nc(COc3ccc(C(=O)N4CCC[C@@H]4c4ccccc4)cc3)cn2c1. The van der Waals surface area contributed by atoms with Crippen LogP contribution in [-0.4, -0.2) is 26.7 Å². The van der Waals surface area contributed by atoms with E-state index < -0.39 is 0 Å². The van der Waals surface area contributed by atoms with Crippen LogP contribution < -0.4 is 4.74 Å². The number of carbonyl (C=O) groups is 1. The molecule has 156 valence electrons. The van der Waals surface area contributed by atoms with Crippen molar-refractivity contribution in [2.24, 2.45) is 0 Å². The molecule has 5 nitrogen and oxygen atoms in total. The van der Waals surface area contributed by atoms with E-state index in [1.807, 2.05) is 76.3 Å². The molecule has 3 heterocycles. The van der Waals surface area contributed by atoms with Crippen LogP contribution in [0.3, 0.4) is 0 Å². The number of imidazole rings is 1. The predicted octanol–water partition coefficient (Wildman–Crippen LogP) is 5.20. The summed E-state index contributed by atoms with van der Waals surface area (Å²) in [6, 6.07) is 21.9. The molecule has 2 aromatic heterocycles. The summed E-state index contributed by atoms with van der Waals surface area (Å²) in [5, 5.41) is 0. The van der Waals surface area contributed by atoms with Gasteiger partial charge in [-0.25, -0.2) is 4.98 Å². The number of hydrogen-bond donors (Lipinski definition) is 0. The summed E-state index contributed by atoms with van der Waals surface area (Å²) in [7, 11) is 0. The highest BCUT2D eigenvalue weighted by Crippen LogP contribution is 2.33. The van der Waals surface area contributed by atoms with E-state index in [-0.39, 0.29) is 11.9 Å². The zero-order valence-electron chi connectivity index (χ0n) is 17.6. The molecule has 5 heteroatoms.